The number of rotatable bonds is 4. The third kappa shape index (κ3) is 2.46. The van der Waals surface area contributed by atoms with Gasteiger partial charge in [0.1, 0.15) is 11.6 Å². The van der Waals surface area contributed by atoms with Crippen molar-refractivity contribution in [2.24, 2.45) is 0 Å². The third-order valence-corrected chi connectivity index (χ3v) is 2.29. The van der Waals surface area contributed by atoms with Gasteiger partial charge in [-0.2, -0.15) is 0 Å². The minimum absolute atomic E-state index is 0.248. The zero-order chi connectivity index (χ0) is 11.4. The quantitative estimate of drug-likeness (QED) is 0.828. The first kappa shape index (κ1) is 10.8. The first-order valence-corrected chi connectivity index (χ1v) is 5.30. The predicted molar refractivity (Wildman–Crippen MR) is 61.4 cm³/mol. The highest BCUT2D eigenvalue weighted by atomic mass is 19.1. The van der Waals surface area contributed by atoms with Gasteiger partial charge in [-0.25, -0.2) is 9.37 Å². The van der Waals surface area contributed by atoms with Crippen molar-refractivity contribution >= 4 is 0 Å². The van der Waals surface area contributed by atoms with E-state index in [-0.39, 0.29) is 5.82 Å². The number of nitrogens with zero attached hydrogens (tertiary/aromatic N) is 1. The Morgan fingerprint density at radius 3 is 3.06 bits per heavy atom. The fourth-order valence-electron chi connectivity index (χ4n) is 1.49. The molecule has 1 heterocycles. The van der Waals surface area contributed by atoms with E-state index in [1.807, 2.05) is 13.0 Å². The zero-order valence-electron chi connectivity index (χ0n) is 9.13. The van der Waals surface area contributed by atoms with Crippen molar-refractivity contribution in [2.45, 2.75) is 13.5 Å². The van der Waals surface area contributed by atoms with Gasteiger partial charge >= 0.3 is 0 Å². The van der Waals surface area contributed by atoms with Crippen LogP contribution in [0.15, 0.2) is 30.5 Å². The molecule has 2 aromatic rings. The summed E-state index contributed by atoms with van der Waals surface area (Å²) in [5.41, 5.74) is 1.77. The largest absolute Gasteiger partial charge is 0.341 e. The number of halogens is 1. The summed E-state index contributed by atoms with van der Waals surface area (Å²) in [6.45, 7) is 3.71. The Morgan fingerprint density at radius 2 is 2.31 bits per heavy atom. The van der Waals surface area contributed by atoms with E-state index in [0.29, 0.717) is 5.82 Å². The molecular formula is C12H14FN3. The second-order valence-corrected chi connectivity index (χ2v) is 3.55. The molecule has 16 heavy (non-hydrogen) atoms. The highest BCUT2D eigenvalue weighted by molar-refractivity contribution is 5.54. The van der Waals surface area contributed by atoms with Crippen molar-refractivity contribution in [3.8, 4) is 11.4 Å². The summed E-state index contributed by atoms with van der Waals surface area (Å²) in [5, 5.41) is 3.20. The molecule has 0 aliphatic carbocycles. The molecule has 0 aliphatic heterocycles. The standard InChI is InChI=1S/C12H14FN3/c1-2-14-7-11-8-15-12(16-11)9-4-3-5-10(13)6-9/h3-6,8,14H,2,7H2,1H3,(H,15,16). The molecule has 84 valence electrons. The Balaban J connectivity index is 2.18. The van der Waals surface area contributed by atoms with Crippen LogP contribution in [-0.4, -0.2) is 16.5 Å². The van der Waals surface area contributed by atoms with Gasteiger partial charge in [-0.1, -0.05) is 19.1 Å². The summed E-state index contributed by atoms with van der Waals surface area (Å²) < 4.78 is 13.0. The second-order valence-electron chi connectivity index (χ2n) is 3.55. The molecule has 0 bridgehead atoms. The Bertz CT molecular complexity index is 465. The van der Waals surface area contributed by atoms with Crippen molar-refractivity contribution in [2.75, 3.05) is 6.54 Å². The van der Waals surface area contributed by atoms with Crippen molar-refractivity contribution in [1.82, 2.24) is 15.3 Å². The zero-order valence-corrected chi connectivity index (χ0v) is 9.13. The Kier molecular flexibility index (Phi) is 3.31. The van der Waals surface area contributed by atoms with Gasteiger partial charge in [-0.05, 0) is 18.7 Å². The van der Waals surface area contributed by atoms with Crippen LogP contribution in [0, 0.1) is 5.82 Å². The number of benzene rings is 1. The van der Waals surface area contributed by atoms with Gasteiger partial charge in [-0.15, -0.1) is 0 Å². The number of hydrogen-bond donors (Lipinski definition) is 2. The van der Waals surface area contributed by atoms with Crippen LogP contribution in [-0.2, 0) is 6.54 Å². The third-order valence-electron chi connectivity index (χ3n) is 2.29. The van der Waals surface area contributed by atoms with E-state index in [9.17, 15) is 4.39 Å². The summed E-state index contributed by atoms with van der Waals surface area (Å²) >= 11 is 0. The van der Waals surface area contributed by atoms with E-state index >= 15 is 0 Å². The molecule has 3 nitrogen and oxygen atoms in total. The fourth-order valence-corrected chi connectivity index (χ4v) is 1.49. The molecule has 2 N–H and O–H groups in total. The maximum atomic E-state index is 13.0. The molecule has 1 aromatic heterocycles. The number of aromatic nitrogens is 2. The second kappa shape index (κ2) is 4.90. The van der Waals surface area contributed by atoms with E-state index in [1.54, 1.807) is 12.3 Å². The molecule has 0 spiro atoms. The predicted octanol–water partition coefficient (Wildman–Crippen LogP) is 2.33. The topological polar surface area (TPSA) is 40.7 Å². The number of hydrogen-bond acceptors (Lipinski definition) is 2. The molecule has 2 rings (SSSR count). The van der Waals surface area contributed by atoms with E-state index in [2.05, 4.69) is 15.3 Å². The molecule has 1 aromatic carbocycles. The molecule has 0 unspecified atom stereocenters. The van der Waals surface area contributed by atoms with Crippen LogP contribution in [0.4, 0.5) is 4.39 Å². The number of nitrogens with one attached hydrogen (secondary N) is 2. The maximum absolute atomic E-state index is 13.0. The molecule has 0 amide bonds. The number of imidazole rings is 1. The van der Waals surface area contributed by atoms with Crippen molar-refractivity contribution in [3.63, 3.8) is 0 Å². The van der Waals surface area contributed by atoms with Gasteiger partial charge in [0.2, 0.25) is 0 Å². The SMILES string of the molecule is CCNCc1cnc(-c2cccc(F)c2)[nH]1. The minimum atomic E-state index is -0.248. The van der Waals surface area contributed by atoms with Gasteiger partial charge < -0.3 is 10.3 Å². The number of H-pyrrole nitrogens is 1. The van der Waals surface area contributed by atoms with Crippen molar-refractivity contribution in [3.05, 3.63) is 42.0 Å². The summed E-state index contributed by atoms with van der Waals surface area (Å²) in [6.07, 6.45) is 1.77. The van der Waals surface area contributed by atoms with Crippen LogP contribution in [0.5, 0.6) is 0 Å². The van der Waals surface area contributed by atoms with Gasteiger partial charge in [0.15, 0.2) is 0 Å². The van der Waals surface area contributed by atoms with Gasteiger partial charge in [0, 0.05) is 24.0 Å². The molecular weight excluding hydrogens is 205 g/mol. The molecule has 0 atom stereocenters. The smallest absolute Gasteiger partial charge is 0.137 e. The van der Waals surface area contributed by atoms with Crippen molar-refractivity contribution < 1.29 is 4.39 Å². The summed E-state index contributed by atoms with van der Waals surface area (Å²) in [5.74, 6) is 0.453. The Labute approximate surface area is 93.7 Å². The fraction of sp³-hybridized carbons (Fsp3) is 0.250. The minimum Gasteiger partial charge on any atom is -0.341 e. The van der Waals surface area contributed by atoms with Crippen molar-refractivity contribution in [1.29, 1.82) is 0 Å². The molecule has 0 saturated heterocycles. The lowest BCUT2D eigenvalue weighted by Crippen LogP contribution is -2.11. The van der Waals surface area contributed by atoms with E-state index < -0.39 is 0 Å². The average molecular weight is 219 g/mol. The van der Waals surface area contributed by atoms with Crippen LogP contribution in [0.2, 0.25) is 0 Å². The molecule has 0 saturated carbocycles. The van der Waals surface area contributed by atoms with Gasteiger partial charge in [0.25, 0.3) is 0 Å². The van der Waals surface area contributed by atoms with Crippen LogP contribution >= 0.6 is 0 Å². The van der Waals surface area contributed by atoms with E-state index in [0.717, 1.165) is 24.3 Å². The molecule has 4 heteroatoms. The molecule has 0 fully saturated rings. The molecule has 0 aliphatic rings. The van der Waals surface area contributed by atoms with Gasteiger partial charge in [0.05, 0.1) is 0 Å². The van der Waals surface area contributed by atoms with E-state index in [4.69, 9.17) is 0 Å². The summed E-state index contributed by atoms with van der Waals surface area (Å²) in [6, 6.07) is 6.40. The van der Waals surface area contributed by atoms with Gasteiger partial charge in [-0.3, -0.25) is 0 Å². The lowest BCUT2D eigenvalue weighted by atomic mass is 10.2. The van der Waals surface area contributed by atoms with E-state index in [1.165, 1.54) is 12.1 Å². The first-order chi connectivity index (χ1) is 7.79. The van der Waals surface area contributed by atoms with Crippen LogP contribution < -0.4 is 5.32 Å². The summed E-state index contributed by atoms with van der Waals surface area (Å²) in [4.78, 5) is 7.37. The normalized spacial score (nSPS) is 10.6. The Morgan fingerprint density at radius 1 is 1.44 bits per heavy atom. The summed E-state index contributed by atoms with van der Waals surface area (Å²) in [7, 11) is 0. The maximum Gasteiger partial charge on any atom is 0.137 e. The highest BCUT2D eigenvalue weighted by Gasteiger charge is 2.03. The monoisotopic (exact) mass is 219 g/mol. The lowest BCUT2D eigenvalue weighted by molar-refractivity contribution is 0.628. The van der Waals surface area contributed by atoms with Crippen LogP contribution in [0.1, 0.15) is 12.6 Å². The lowest BCUT2D eigenvalue weighted by Gasteiger charge is -1.98. The Hall–Kier alpha value is -1.68. The molecule has 0 radical (unpaired) electrons. The van der Waals surface area contributed by atoms with Crippen LogP contribution in [0.3, 0.4) is 0 Å². The van der Waals surface area contributed by atoms with Crippen LogP contribution in [0.25, 0.3) is 11.4 Å². The average Bonchev–Trinajstić information content (AvgIpc) is 2.75. The highest BCUT2D eigenvalue weighted by Crippen LogP contribution is 2.16. The number of aromatic amines is 1. The first-order valence-electron chi connectivity index (χ1n) is 5.30.